The highest BCUT2D eigenvalue weighted by Gasteiger charge is 2.22. The first-order chi connectivity index (χ1) is 15.8. The molecular formula is C23H21N3O6S. The maximum Gasteiger partial charge on any atom is 0.420 e. The molecular weight excluding hydrogens is 446 g/mol. The van der Waals surface area contributed by atoms with Gasteiger partial charge in [0, 0.05) is 5.69 Å². The Morgan fingerprint density at radius 2 is 1.76 bits per heavy atom. The largest absolute Gasteiger partial charge is 0.495 e. The van der Waals surface area contributed by atoms with Gasteiger partial charge in [-0.05, 0) is 49.4 Å². The highest BCUT2D eigenvalue weighted by molar-refractivity contribution is 7.92. The quantitative estimate of drug-likeness (QED) is 0.429. The van der Waals surface area contributed by atoms with E-state index in [1.54, 1.807) is 61.5 Å². The fourth-order valence-corrected chi connectivity index (χ4v) is 4.50. The molecule has 4 aromatic rings. The first-order valence-corrected chi connectivity index (χ1v) is 11.5. The molecule has 1 aromatic heterocycles. The molecule has 3 aromatic carbocycles. The van der Waals surface area contributed by atoms with Crippen LogP contribution in [0.25, 0.3) is 11.1 Å². The molecule has 0 radical (unpaired) electrons. The molecule has 10 heteroatoms. The third kappa shape index (κ3) is 4.46. The summed E-state index contributed by atoms with van der Waals surface area (Å²) < 4.78 is 39.9. The molecule has 9 nitrogen and oxygen atoms in total. The van der Waals surface area contributed by atoms with Crippen LogP contribution in [0.1, 0.15) is 13.0 Å². The molecule has 1 unspecified atom stereocenters. The summed E-state index contributed by atoms with van der Waals surface area (Å²) in [6, 6.07) is 18.3. The maximum absolute atomic E-state index is 12.9. The summed E-state index contributed by atoms with van der Waals surface area (Å²) >= 11 is 0. The summed E-state index contributed by atoms with van der Waals surface area (Å²) in [5.74, 6) is -0.788. The highest BCUT2D eigenvalue weighted by Crippen LogP contribution is 2.27. The average Bonchev–Trinajstić information content (AvgIpc) is 3.14. The molecule has 1 heterocycles. The second kappa shape index (κ2) is 8.83. The standard InChI is InChI=1S/C23H21N3O6S/c1-15(26-19-11-4-6-13-21(19)32-23(26)28)22(27)24-16-8-7-9-17(14-16)33(29,30)25-18-10-3-5-12-20(18)31-2/h3-15,25H,1-2H3,(H,24,27). The summed E-state index contributed by atoms with van der Waals surface area (Å²) in [4.78, 5) is 25.1. The van der Waals surface area contributed by atoms with Gasteiger partial charge in [-0.15, -0.1) is 0 Å². The number of methoxy groups -OCH3 is 1. The Labute approximate surface area is 189 Å². The van der Waals surface area contributed by atoms with E-state index in [2.05, 4.69) is 10.0 Å². The van der Waals surface area contributed by atoms with Gasteiger partial charge in [-0.3, -0.25) is 14.1 Å². The zero-order chi connectivity index (χ0) is 23.6. The summed E-state index contributed by atoms with van der Waals surface area (Å²) in [7, 11) is -2.51. The molecule has 4 rings (SSSR count). The monoisotopic (exact) mass is 467 g/mol. The molecule has 0 aliphatic rings. The topological polar surface area (TPSA) is 120 Å². The minimum atomic E-state index is -3.95. The molecule has 0 saturated carbocycles. The van der Waals surface area contributed by atoms with Crippen LogP contribution in [-0.4, -0.2) is 26.0 Å². The normalized spacial score (nSPS) is 12.3. The van der Waals surface area contributed by atoms with Gasteiger partial charge in [0.05, 0.1) is 23.2 Å². The summed E-state index contributed by atoms with van der Waals surface area (Å²) in [5.41, 5.74) is 1.41. The number of ether oxygens (including phenoxy) is 1. The Bertz CT molecular complexity index is 1490. The van der Waals surface area contributed by atoms with E-state index in [0.717, 1.165) is 0 Å². The molecule has 33 heavy (non-hydrogen) atoms. The number of benzene rings is 3. The van der Waals surface area contributed by atoms with Crippen molar-refractivity contribution in [3.63, 3.8) is 0 Å². The van der Waals surface area contributed by atoms with Crippen LogP contribution in [0.4, 0.5) is 11.4 Å². The number of carbonyl (C=O) groups is 1. The van der Waals surface area contributed by atoms with Gasteiger partial charge in [-0.1, -0.05) is 30.3 Å². The summed E-state index contributed by atoms with van der Waals surface area (Å²) in [6.07, 6.45) is 0. The van der Waals surface area contributed by atoms with E-state index >= 15 is 0 Å². The molecule has 170 valence electrons. The van der Waals surface area contributed by atoms with Crippen LogP contribution in [0.2, 0.25) is 0 Å². The first kappa shape index (κ1) is 22.2. The Balaban J connectivity index is 1.57. The number of hydrogen-bond acceptors (Lipinski definition) is 6. The van der Waals surface area contributed by atoms with Crippen molar-refractivity contribution in [2.75, 3.05) is 17.1 Å². The van der Waals surface area contributed by atoms with E-state index in [9.17, 15) is 18.0 Å². The molecule has 1 amide bonds. The predicted octanol–water partition coefficient (Wildman–Crippen LogP) is 3.60. The number of nitrogens with zero attached hydrogens (tertiary/aromatic N) is 1. The highest BCUT2D eigenvalue weighted by atomic mass is 32.2. The van der Waals surface area contributed by atoms with Gasteiger partial charge in [0.15, 0.2) is 5.58 Å². The van der Waals surface area contributed by atoms with Crippen molar-refractivity contribution in [3.8, 4) is 5.75 Å². The van der Waals surface area contributed by atoms with E-state index in [1.165, 1.54) is 29.9 Å². The number of anilines is 2. The van der Waals surface area contributed by atoms with Crippen LogP contribution >= 0.6 is 0 Å². The fraction of sp³-hybridized carbons (Fsp3) is 0.130. The molecule has 0 aliphatic heterocycles. The zero-order valence-electron chi connectivity index (χ0n) is 17.8. The number of amides is 1. The van der Waals surface area contributed by atoms with Crippen molar-refractivity contribution in [3.05, 3.63) is 83.3 Å². The van der Waals surface area contributed by atoms with Gasteiger partial charge in [-0.2, -0.15) is 0 Å². The minimum absolute atomic E-state index is 0.0511. The van der Waals surface area contributed by atoms with Crippen LogP contribution < -0.4 is 20.5 Å². The lowest BCUT2D eigenvalue weighted by Gasteiger charge is -2.15. The third-order valence-corrected chi connectivity index (χ3v) is 6.41. The lowest BCUT2D eigenvalue weighted by Crippen LogP contribution is -2.29. The second-order valence-electron chi connectivity index (χ2n) is 7.20. The van der Waals surface area contributed by atoms with Crippen molar-refractivity contribution in [1.82, 2.24) is 4.57 Å². The lowest BCUT2D eigenvalue weighted by molar-refractivity contribution is -0.118. The Kier molecular flexibility index (Phi) is 5.93. The number of fused-ring (bicyclic) bond motifs is 1. The number of oxazole rings is 1. The van der Waals surface area contributed by atoms with E-state index in [-0.39, 0.29) is 16.3 Å². The Hall–Kier alpha value is -4.05. The number of hydrogen-bond donors (Lipinski definition) is 2. The van der Waals surface area contributed by atoms with Gasteiger partial charge in [0.2, 0.25) is 5.91 Å². The van der Waals surface area contributed by atoms with Crippen LogP contribution in [0.3, 0.4) is 0 Å². The van der Waals surface area contributed by atoms with Gasteiger partial charge in [0.1, 0.15) is 11.8 Å². The number of rotatable bonds is 7. The zero-order valence-corrected chi connectivity index (χ0v) is 18.6. The van der Waals surface area contributed by atoms with Crippen molar-refractivity contribution in [1.29, 1.82) is 0 Å². The lowest BCUT2D eigenvalue weighted by atomic mass is 10.2. The van der Waals surface area contributed by atoms with Crippen LogP contribution in [0.15, 0.2) is 86.9 Å². The number of aromatic nitrogens is 1. The molecule has 0 spiro atoms. The molecule has 0 aliphatic carbocycles. The van der Waals surface area contributed by atoms with Crippen molar-refractivity contribution in [2.24, 2.45) is 0 Å². The average molecular weight is 468 g/mol. The van der Waals surface area contributed by atoms with Crippen LogP contribution in [0, 0.1) is 0 Å². The predicted molar refractivity (Wildman–Crippen MR) is 124 cm³/mol. The molecule has 0 fully saturated rings. The van der Waals surface area contributed by atoms with E-state index in [4.69, 9.17) is 9.15 Å². The summed E-state index contributed by atoms with van der Waals surface area (Å²) in [6.45, 7) is 1.56. The van der Waals surface area contributed by atoms with Gasteiger partial charge in [0.25, 0.3) is 10.0 Å². The van der Waals surface area contributed by atoms with Crippen molar-refractivity contribution < 1.29 is 22.4 Å². The first-order valence-electron chi connectivity index (χ1n) is 9.97. The van der Waals surface area contributed by atoms with Gasteiger partial charge in [-0.25, -0.2) is 13.2 Å². The van der Waals surface area contributed by atoms with E-state index in [1.807, 2.05) is 0 Å². The minimum Gasteiger partial charge on any atom is -0.495 e. The van der Waals surface area contributed by atoms with E-state index < -0.39 is 27.7 Å². The Morgan fingerprint density at radius 3 is 2.55 bits per heavy atom. The number of carbonyl (C=O) groups excluding carboxylic acids is 1. The number of nitrogens with one attached hydrogen (secondary N) is 2. The Morgan fingerprint density at radius 1 is 1.03 bits per heavy atom. The number of para-hydroxylation sites is 4. The third-order valence-electron chi connectivity index (χ3n) is 5.05. The molecule has 1 atom stereocenters. The van der Waals surface area contributed by atoms with Crippen LogP contribution in [0.5, 0.6) is 5.75 Å². The molecule has 2 N–H and O–H groups in total. The SMILES string of the molecule is COc1ccccc1NS(=O)(=O)c1cccc(NC(=O)C(C)n2c(=O)oc3ccccc32)c1. The van der Waals surface area contributed by atoms with E-state index in [0.29, 0.717) is 16.8 Å². The smallest absolute Gasteiger partial charge is 0.420 e. The van der Waals surface area contributed by atoms with Crippen molar-refractivity contribution >= 4 is 38.4 Å². The maximum atomic E-state index is 12.9. The molecule has 0 bridgehead atoms. The number of sulfonamides is 1. The summed E-state index contributed by atoms with van der Waals surface area (Å²) in [5, 5.41) is 2.66. The molecule has 0 saturated heterocycles. The fourth-order valence-electron chi connectivity index (χ4n) is 3.39. The van der Waals surface area contributed by atoms with Gasteiger partial charge < -0.3 is 14.5 Å². The van der Waals surface area contributed by atoms with Gasteiger partial charge >= 0.3 is 5.76 Å². The van der Waals surface area contributed by atoms with Crippen LogP contribution in [-0.2, 0) is 14.8 Å². The van der Waals surface area contributed by atoms with Crippen molar-refractivity contribution in [2.45, 2.75) is 17.9 Å². The second-order valence-corrected chi connectivity index (χ2v) is 8.89.